The lowest BCUT2D eigenvalue weighted by Crippen LogP contribution is -2.35. The minimum absolute atomic E-state index is 0.326. The van der Waals surface area contributed by atoms with Gasteiger partial charge in [-0.15, -0.1) is 0 Å². The van der Waals surface area contributed by atoms with Gasteiger partial charge in [0.2, 0.25) is 0 Å². The summed E-state index contributed by atoms with van der Waals surface area (Å²) in [4.78, 5) is 0. The van der Waals surface area contributed by atoms with Crippen molar-refractivity contribution in [2.45, 2.75) is 63.7 Å². The molecule has 1 atom stereocenters. The lowest BCUT2D eigenvalue weighted by Gasteiger charge is -2.18. The molecular weight excluding hydrogens is 267 g/mol. The third kappa shape index (κ3) is 4.51. The average Bonchev–Trinajstić information content (AvgIpc) is 2.96. The molecule has 0 amide bonds. The van der Waals surface area contributed by atoms with E-state index in [1.807, 2.05) is 23.9 Å². The fourth-order valence-corrected chi connectivity index (χ4v) is 2.90. The van der Waals surface area contributed by atoms with Crippen molar-refractivity contribution in [2.24, 2.45) is 0 Å². The Balaban J connectivity index is 1.95. The summed E-state index contributed by atoms with van der Waals surface area (Å²) in [5, 5.41) is 7.35. The van der Waals surface area contributed by atoms with Crippen LogP contribution in [0.5, 0.6) is 0 Å². The molecule has 0 aliphatic heterocycles. The molecule has 1 aromatic rings. The molecule has 1 heterocycles. The first-order valence-electron chi connectivity index (χ1n) is 7.32. The minimum atomic E-state index is -4.14. The maximum Gasteiger partial charge on any atom is 0.390 e. The van der Waals surface area contributed by atoms with Gasteiger partial charge in [-0.3, -0.25) is 4.68 Å². The highest BCUT2D eigenvalue weighted by molar-refractivity contribution is 5.03. The fourth-order valence-electron chi connectivity index (χ4n) is 2.90. The molecule has 1 saturated carbocycles. The van der Waals surface area contributed by atoms with Crippen LogP contribution in [0.25, 0.3) is 0 Å². The van der Waals surface area contributed by atoms with E-state index in [1.165, 1.54) is 12.8 Å². The zero-order chi connectivity index (χ0) is 14.6. The van der Waals surface area contributed by atoms with Crippen molar-refractivity contribution in [3.05, 3.63) is 18.0 Å². The molecule has 1 aliphatic carbocycles. The van der Waals surface area contributed by atoms with Crippen LogP contribution in [0.1, 0.15) is 50.8 Å². The van der Waals surface area contributed by atoms with Gasteiger partial charge >= 0.3 is 6.18 Å². The summed E-state index contributed by atoms with van der Waals surface area (Å²) in [6.07, 6.45) is 1.97. The van der Waals surface area contributed by atoms with E-state index in [-0.39, 0.29) is 0 Å². The Hall–Kier alpha value is -1.04. The summed E-state index contributed by atoms with van der Waals surface area (Å²) in [5.41, 5.74) is 0.743. The van der Waals surface area contributed by atoms with E-state index in [1.54, 1.807) is 0 Å². The smallest absolute Gasteiger partial charge is 0.314 e. The molecule has 0 bridgehead atoms. The van der Waals surface area contributed by atoms with Crippen LogP contribution in [-0.2, 0) is 6.42 Å². The van der Waals surface area contributed by atoms with E-state index in [4.69, 9.17) is 0 Å². The first-order valence-corrected chi connectivity index (χ1v) is 7.32. The van der Waals surface area contributed by atoms with Gasteiger partial charge in [-0.2, -0.15) is 18.3 Å². The van der Waals surface area contributed by atoms with Gasteiger partial charge in [0.25, 0.3) is 0 Å². The third-order valence-electron chi connectivity index (χ3n) is 3.79. The first kappa shape index (κ1) is 15.4. The van der Waals surface area contributed by atoms with Gasteiger partial charge < -0.3 is 5.32 Å². The Bertz CT molecular complexity index is 408. The number of likely N-dealkylation sites (N-methyl/N-ethyl adjacent to an activating group) is 1. The maximum absolute atomic E-state index is 12.5. The van der Waals surface area contributed by atoms with Gasteiger partial charge in [-0.25, -0.2) is 0 Å². The lowest BCUT2D eigenvalue weighted by atomic mass is 10.1. The van der Waals surface area contributed by atoms with Crippen molar-refractivity contribution in [2.75, 3.05) is 6.54 Å². The second-order valence-corrected chi connectivity index (χ2v) is 5.50. The number of hydrogen-bond acceptors (Lipinski definition) is 2. The number of nitrogens with zero attached hydrogens (tertiary/aromatic N) is 2. The average molecular weight is 289 g/mol. The molecular formula is C14H22F3N3. The van der Waals surface area contributed by atoms with Crippen LogP contribution >= 0.6 is 0 Å². The zero-order valence-corrected chi connectivity index (χ0v) is 11.8. The third-order valence-corrected chi connectivity index (χ3v) is 3.79. The summed E-state index contributed by atoms with van der Waals surface area (Å²) >= 11 is 0. The highest BCUT2D eigenvalue weighted by Gasteiger charge is 2.32. The lowest BCUT2D eigenvalue weighted by molar-refractivity contribution is -0.139. The van der Waals surface area contributed by atoms with Gasteiger partial charge in [-0.05, 0) is 25.5 Å². The van der Waals surface area contributed by atoms with Gasteiger partial charge in [0.15, 0.2) is 0 Å². The SMILES string of the molecule is CCNC(Cc1ccn(C2CCCC2)n1)CC(F)(F)F. The van der Waals surface area contributed by atoms with Crippen LogP contribution in [0.3, 0.4) is 0 Å². The molecule has 0 spiro atoms. The molecule has 1 aromatic heterocycles. The van der Waals surface area contributed by atoms with Crippen LogP contribution in [0.4, 0.5) is 13.2 Å². The Morgan fingerprint density at radius 3 is 2.70 bits per heavy atom. The van der Waals surface area contributed by atoms with E-state index in [0.29, 0.717) is 19.0 Å². The molecule has 0 saturated heterocycles. The molecule has 6 heteroatoms. The van der Waals surface area contributed by atoms with Crippen molar-refractivity contribution in [3.63, 3.8) is 0 Å². The predicted octanol–water partition coefficient (Wildman–Crippen LogP) is 3.47. The van der Waals surface area contributed by atoms with Gasteiger partial charge in [0.1, 0.15) is 0 Å². The van der Waals surface area contributed by atoms with E-state index < -0.39 is 18.6 Å². The molecule has 0 aromatic carbocycles. The molecule has 1 unspecified atom stereocenters. The van der Waals surface area contributed by atoms with Gasteiger partial charge in [0.05, 0.1) is 18.2 Å². The molecule has 114 valence electrons. The largest absolute Gasteiger partial charge is 0.390 e. The van der Waals surface area contributed by atoms with E-state index in [2.05, 4.69) is 10.4 Å². The monoisotopic (exact) mass is 289 g/mol. The molecule has 1 aliphatic rings. The number of rotatable bonds is 6. The minimum Gasteiger partial charge on any atom is -0.314 e. The quantitative estimate of drug-likeness (QED) is 0.869. The molecule has 20 heavy (non-hydrogen) atoms. The highest BCUT2D eigenvalue weighted by atomic mass is 19.4. The fraction of sp³-hybridized carbons (Fsp3) is 0.786. The summed E-state index contributed by atoms with van der Waals surface area (Å²) in [7, 11) is 0. The van der Waals surface area contributed by atoms with Crippen molar-refractivity contribution in [3.8, 4) is 0 Å². The second kappa shape index (κ2) is 6.61. The number of hydrogen-bond donors (Lipinski definition) is 1. The predicted molar refractivity (Wildman–Crippen MR) is 71.6 cm³/mol. The Morgan fingerprint density at radius 1 is 1.40 bits per heavy atom. The Morgan fingerprint density at radius 2 is 2.10 bits per heavy atom. The van der Waals surface area contributed by atoms with E-state index in [0.717, 1.165) is 18.5 Å². The van der Waals surface area contributed by atoms with Crippen LogP contribution < -0.4 is 5.32 Å². The van der Waals surface area contributed by atoms with Crippen molar-refractivity contribution >= 4 is 0 Å². The summed E-state index contributed by atoms with van der Waals surface area (Å²) in [6.45, 7) is 2.35. The number of alkyl halides is 3. The molecule has 2 rings (SSSR count). The van der Waals surface area contributed by atoms with Gasteiger partial charge in [-0.1, -0.05) is 19.8 Å². The van der Waals surface area contributed by atoms with Gasteiger partial charge in [0, 0.05) is 18.7 Å². The number of aromatic nitrogens is 2. The summed E-state index contributed by atoms with van der Waals surface area (Å²) < 4.78 is 39.5. The Labute approximate surface area is 117 Å². The van der Waals surface area contributed by atoms with Crippen molar-refractivity contribution in [1.82, 2.24) is 15.1 Å². The van der Waals surface area contributed by atoms with Crippen molar-refractivity contribution in [1.29, 1.82) is 0 Å². The van der Waals surface area contributed by atoms with Crippen molar-refractivity contribution < 1.29 is 13.2 Å². The normalized spacial score (nSPS) is 18.6. The maximum atomic E-state index is 12.5. The standard InChI is InChI=1S/C14H22F3N3/c1-2-18-12(10-14(15,16)17)9-11-7-8-20(19-11)13-5-3-4-6-13/h7-8,12-13,18H,2-6,9-10H2,1H3. The van der Waals surface area contributed by atoms with Crippen LogP contribution in [0.15, 0.2) is 12.3 Å². The number of halogens is 3. The topological polar surface area (TPSA) is 29.9 Å². The van der Waals surface area contributed by atoms with Crippen LogP contribution in [-0.4, -0.2) is 28.5 Å². The van der Waals surface area contributed by atoms with E-state index in [9.17, 15) is 13.2 Å². The molecule has 3 nitrogen and oxygen atoms in total. The second-order valence-electron chi connectivity index (χ2n) is 5.50. The summed E-state index contributed by atoms with van der Waals surface area (Å²) in [5.74, 6) is 0. The molecule has 0 radical (unpaired) electrons. The van der Waals surface area contributed by atoms with E-state index >= 15 is 0 Å². The Kier molecular flexibility index (Phi) is 5.07. The highest BCUT2D eigenvalue weighted by Crippen LogP contribution is 2.29. The first-order chi connectivity index (χ1) is 9.48. The molecule has 1 N–H and O–H groups in total. The summed E-state index contributed by atoms with van der Waals surface area (Å²) in [6, 6.07) is 1.69. The number of nitrogens with one attached hydrogen (secondary N) is 1. The van der Waals surface area contributed by atoms with Crippen LogP contribution in [0.2, 0.25) is 0 Å². The zero-order valence-electron chi connectivity index (χ0n) is 11.8. The molecule has 1 fully saturated rings. The van der Waals surface area contributed by atoms with Crippen LogP contribution in [0, 0.1) is 0 Å².